The first-order chi connectivity index (χ1) is 12.9. The zero-order chi connectivity index (χ0) is 20.0. The Hall–Kier alpha value is -3.16. The van der Waals surface area contributed by atoms with Crippen LogP contribution in [0.25, 0.3) is 0 Å². The summed E-state index contributed by atoms with van der Waals surface area (Å²) < 4.78 is 10.3. The molecule has 0 aromatic heterocycles. The summed E-state index contributed by atoms with van der Waals surface area (Å²) in [5.74, 6) is -2.21. The summed E-state index contributed by atoms with van der Waals surface area (Å²) in [5.41, 5.74) is 0.354. The molecule has 0 aliphatic carbocycles. The lowest BCUT2D eigenvalue weighted by molar-refractivity contribution is -0.385. The minimum absolute atomic E-state index is 0.143. The van der Waals surface area contributed by atoms with Gasteiger partial charge in [0.25, 0.3) is 5.69 Å². The van der Waals surface area contributed by atoms with Crippen molar-refractivity contribution in [1.29, 1.82) is 0 Å². The van der Waals surface area contributed by atoms with Gasteiger partial charge in [-0.3, -0.25) is 10.1 Å². The molecule has 1 aromatic rings. The molecule has 1 aliphatic heterocycles. The molecule has 1 heterocycles. The number of carbonyl (C=O) groups excluding carboxylic acids is 2. The molecular formula is C19H22N2O6. The topological polar surface area (TPSA) is 99.0 Å². The first kappa shape index (κ1) is 20.2. The van der Waals surface area contributed by atoms with Crippen molar-refractivity contribution in [2.75, 3.05) is 19.8 Å². The van der Waals surface area contributed by atoms with Crippen molar-refractivity contribution < 1.29 is 24.0 Å². The molecule has 0 saturated heterocycles. The molecule has 0 fully saturated rings. The molecule has 144 valence electrons. The van der Waals surface area contributed by atoms with Crippen molar-refractivity contribution in [2.24, 2.45) is 0 Å². The number of esters is 2. The van der Waals surface area contributed by atoms with Gasteiger partial charge < -0.3 is 14.4 Å². The van der Waals surface area contributed by atoms with E-state index >= 15 is 0 Å². The Morgan fingerprint density at radius 1 is 1.04 bits per heavy atom. The summed E-state index contributed by atoms with van der Waals surface area (Å²) in [5, 5.41) is 11.5. The van der Waals surface area contributed by atoms with Crippen LogP contribution in [0.1, 0.15) is 32.3 Å². The van der Waals surface area contributed by atoms with E-state index in [0.29, 0.717) is 6.54 Å². The van der Waals surface area contributed by atoms with Crippen molar-refractivity contribution in [1.82, 2.24) is 4.90 Å². The van der Waals surface area contributed by atoms with Crippen LogP contribution in [0.3, 0.4) is 0 Å². The molecule has 1 aromatic carbocycles. The lowest BCUT2D eigenvalue weighted by atomic mass is 9.82. The second-order valence-electron chi connectivity index (χ2n) is 5.69. The normalized spacial score (nSPS) is 14.3. The van der Waals surface area contributed by atoms with Crippen LogP contribution in [-0.4, -0.2) is 41.5 Å². The van der Waals surface area contributed by atoms with Crippen LogP contribution in [0.4, 0.5) is 5.69 Å². The fourth-order valence-electron chi connectivity index (χ4n) is 2.90. The molecule has 8 nitrogen and oxygen atoms in total. The van der Waals surface area contributed by atoms with Crippen LogP contribution in [0, 0.1) is 10.1 Å². The van der Waals surface area contributed by atoms with Gasteiger partial charge in [0.2, 0.25) is 0 Å². The van der Waals surface area contributed by atoms with Crippen molar-refractivity contribution in [2.45, 2.75) is 26.7 Å². The van der Waals surface area contributed by atoms with Gasteiger partial charge in [0.1, 0.15) is 0 Å². The maximum absolute atomic E-state index is 12.6. The third-order valence-electron chi connectivity index (χ3n) is 4.06. The Morgan fingerprint density at radius 3 is 2.00 bits per heavy atom. The molecule has 0 spiro atoms. The molecule has 0 atom stereocenters. The fraction of sp³-hybridized carbons (Fsp3) is 0.368. The highest BCUT2D eigenvalue weighted by atomic mass is 16.6. The van der Waals surface area contributed by atoms with Gasteiger partial charge in [0.05, 0.1) is 35.2 Å². The quantitative estimate of drug-likeness (QED) is 0.411. The number of nitro groups is 1. The van der Waals surface area contributed by atoms with E-state index in [2.05, 4.69) is 0 Å². The van der Waals surface area contributed by atoms with Crippen molar-refractivity contribution in [3.63, 3.8) is 0 Å². The highest BCUT2D eigenvalue weighted by molar-refractivity contribution is 5.99. The lowest BCUT2D eigenvalue weighted by Crippen LogP contribution is -2.29. The highest BCUT2D eigenvalue weighted by Crippen LogP contribution is 2.40. The van der Waals surface area contributed by atoms with Crippen molar-refractivity contribution >= 4 is 17.6 Å². The molecule has 0 saturated carbocycles. The Labute approximate surface area is 157 Å². The number of hydrogen-bond acceptors (Lipinski definition) is 7. The molecule has 1 aliphatic rings. The SMILES string of the molecule is CCOC(=O)C1=CN(CC)C=C(C(=O)OCC)C1c1ccccc1[N+](=O)[O-]. The van der Waals surface area contributed by atoms with Gasteiger partial charge in [-0.2, -0.15) is 0 Å². The van der Waals surface area contributed by atoms with E-state index in [-0.39, 0.29) is 35.6 Å². The average molecular weight is 374 g/mol. The Kier molecular flexibility index (Phi) is 6.70. The van der Waals surface area contributed by atoms with Crippen molar-refractivity contribution in [3.05, 3.63) is 63.5 Å². The number of para-hydroxylation sites is 1. The van der Waals surface area contributed by atoms with E-state index in [9.17, 15) is 19.7 Å². The lowest BCUT2D eigenvalue weighted by Gasteiger charge is -2.29. The summed E-state index contributed by atoms with van der Waals surface area (Å²) in [6.07, 6.45) is 3.12. The van der Waals surface area contributed by atoms with Crippen molar-refractivity contribution in [3.8, 4) is 0 Å². The fourth-order valence-corrected chi connectivity index (χ4v) is 2.90. The van der Waals surface area contributed by atoms with Crippen LogP contribution in [-0.2, 0) is 19.1 Å². The number of benzene rings is 1. The third kappa shape index (κ3) is 4.33. The maximum Gasteiger partial charge on any atom is 0.336 e. The molecule has 27 heavy (non-hydrogen) atoms. The molecule has 0 N–H and O–H groups in total. The van der Waals surface area contributed by atoms with Crippen LogP contribution in [0.5, 0.6) is 0 Å². The average Bonchev–Trinajstić information content (AvgIpc) is 2.67. The molecule has 0 unspecified atom stereocenters. The van der Waals surface area contributed by atoms with Gasteiger partial charge in [-0.25, -0.2) is 9.59 Å². The molecule has 8 heteroatoms. The van der Waals surface area contributed by atoms with Gasteiger partial charge in [-0.05, 0) is 20.8 Å². The zero-order valence-electron chi connectivity index (χ0n) is 15.5. The molecule has 0 bridgehead atoms. The number of hydrogen-bond donors (Lipinski definition) is 0. The summed E-state index contributed by atoms with van der Waals surface area (Å²) in [6, 6.07) is 6.03. The third-order valence-corrected chi connectivity index (χ3v) is 4.06. The summed E-state index contributed by atoms with van der Waals surface area (Å²) in [6.45, 7) is 5.97. The van der Waals surface area contributed by atoms with Gasteiger partial charge >= 0.3 is 11.9 Å². The Morgan fingerprint density at radius 2 is 1.56 bits per heavy atom. The van der Waals surface area contributed by atoms with E-state index in [1.807, 2.05) is 6.92 Å². The number of nitro benzene ring substituents is 1. The number of rotatable bonds is 7. The monoisotopic (exact) mass is 374 g/mol. The predicted molar refractivity (Wildman–Crippen MR) is 97.6 cm³/mol. The Bertz CT molecular complexity index is 763. The minimum Gasteiger partial charge on any atom is -0.463 e. The molecule has 0 amide bonds. The van der Waals surface area contributed by atoms with Gasteiger partial charge in [0.15, 0.2) is 0 Å². The summed E-state index contributed by atoms with van der Waals surface area (Å²) in [7, 11) is 0. The summed E-state index contributed by atoms with van der Waals surface area (Å²) in [4.78, 5) is 37.8. The van der Waals surface area contributed by atoms with E-state index in [1.54, 1.807) is 37.2 Å². The van der Waals surface area contributed by atoms with Gasteiger partial charge in [-0.15, -0.1) is 0 Å². The predicted octanol–water partition coefficient (Wildman–Crippen LogP) is 2.91. The highest BCUT2D eigenvalue weighted by Gasteiger charge is 2.38. The zero-order valence-corrected chi connectivity index (χ0v) is 15.5. The van der Waals surface area contributed by atoms with Crippen LogP contribution >= 0.6 is 0 Å². The summed E-state index contributed by atoms with van der Waals surface area (Å²) >= 11 is 0. The molecule has 2 rings (SSSR count). The van der Waals surface area contributed by atoms with Gasteiger partial charge in [0, 0.05) is 30.6 Å². The van der Waals surface area contributed by atoms with Crippen LogP contribution in [0.2, 0.25) is 0 Å². The number of carbonyl (C=O) groups is 2. The van der Waals surface area contributed by atoms with Crippen LogP contribution in [0.15, 0.2) is 47.8 Å². The standard InChI is InChI=1S/C19H22N2O6/c1-4-20-11-14(18(22)26-5-2)17(15(12-20)19(23)27-6-3)13-9-7-8-10-16(13)21(24)25/h7-12,17H,4-6H2,1-3H3. The largest absolute Gasteiger partial charge is 0.463 e. The van der Waals surface area contributed by atoms with E-state index in [1.165, 1.54) is 18.2 Å². The Balaban J connectivity index is 2.67. The number of nitrogens with zero attached hydrogens (tertiary/aromatic N) is 2. The van der Waals surface area contributed by atoms with E-state index < -0.39 is 22.8 Å². The second-order valence-corrected chi connectivity index (χ2v) is 5.69. The smallest absolute Gasteiger partial charge is 0.336 e. The minimum atomic E-state index is -0.951. The second kappa shape index (κ2) is 8.98. The van der Waals surface area contributed by atoms with Crippen LogP contribution < -0.4 is 0 Å². The number of ether oxygens (including phenoxy) is 2. The first-order valence-electron chi connectivity index (χ1n) is 8.71. The van der Waals surface area contributed by atoms with E-state index in [4.69, 9.17) is 9.47 Å². The first-order valence-corrected chi connectivity index (χ1v) is 8.71. The maximum atomic E-state index is 12.6. The van der Waals surface area contributed by atoms with E-state index in [0.717, 1.165) is 0 Å². The molecule has 0 radical (unpaired) electrons. The molecular weight excluding hydrogens is 352 g/mol. The van der Waals surface area contributed by atoms with Gasteiger partial charge in [-0.1, -0.05) is 18.2 Å².